The first-order valence-electron chi connectivity index (χ1n) is 5.79. The van der Waals surface area contributed by atoms with E-state index in [0.29, 0.717) is 5.82 Å². The van der Waals surface area contributed by atoms with Gasteiger partial charge in [0.15, 0.2) is 0 Å². The maximum absolute atomic E-state index is 5.81. The van der Waals surface area contributed by atoms with Crippen LogP contribution in [0.1, 0.15) is 38.3 Å². The summed E-state index contributed by atoms with van der Waals surface area (Å²) in [6, 6.07) is 1.77. The minimum atomic E-state index is 0.255. The number of hydrogen-bond donors (Lipinski definition) is 1. The molecule has 5 nitrogen and oxygen atoms in total. The summed E-state index contributed by atoms with van der Waals surface area (Å²) >= 11 is 0. The maximum Gasteiger partial charge on any atom is 0.143 e. The SMILES string of the molecule is CCc1nccn1-c1cc(N)nc(C(C)C)n1. The van der Waals surface area contributed by atoms with E-state index in [0.717, 1.165) is 23.9 Å². The zero-order chi connectivity index (χ0) is 12.4. The molecule has 0 aliphatic carbocycles. The topological polar surface area (TPSA) is 69.6 Å². The third-order valence-corrected chi connectivity index (χ3v) is 2.55. The molecule has 90 valence electrons. The third-order valence-electron chi connectivity index (χ3n) is 2.55. The fourth-order valence-electron chi connectivity index (χ4n) is 1.66. The summed E-state index contributed by atoms with van der Waals surface area (Å²) in [4.78, 5) is 13.0. The van der Waals surface area contributed by atoms with Gasteiger partial charge in [0.2, 0.25) is 0 Å². The molecule has 2 aromatic rings. The van der Waals surface area contributed by atoms with E-state index in [9.17, 15) is 0 Å². The van der Waals surface area contributed by atoms with Crippen LogP contribution < -0.4 is 5.73 Å². The largest absolute Gasteiger partial charge is 0.384 e. The second-order valence-corrected chi connectivity index (χ2v) is 4.23. The minimum absolute atomic E-state index is 0.255. The molecule has 0 amide bonds. The van der Waals surface area contributed by atoms with Crippen LogP contribution in [0.4, 0.5) is 5.82 Å². The molecule has 5 heteroatoms. The molecule has 2 heterocycles. The highest BCUT2D eigenvalue weighted by molar-refractivity contribution is 5.38. The monoisotopic (exact) mass is 231 g/mol. The summed E-state index contributed by atoms with van der Waals surface area (Å²) in [5.41, 5.74) is 5.81. The van der Waals surface area contributed by atoms with Crippen LogP contribution >= 0.6 is 0 Å². The number of nitrogens with zero attached hydrogens (tertiary/aromatic N) is 4. The summed E-state index contributed by atoms with van der Waals surface area (Å²) in [7, 11) is 0. The number of nitrogen functional groups attached to an aromatic ring is 1. The van der Waals surface area contributed by atoms with E-state index in [2.05, 4.69) is 21.9 Å². The first-order chi connectivity index (χ1) is 8.11. The molecule has 0 aliphatic heterocycles. The first-order valence-corrected chi connectivity index (χ1v) is 5.79. The predicted octanol–water partition coefficient (Wildman–Crippen LogP) is 1.93. The third kappa shape index (κ3) is 2.27. The zero-order valence-corrected chi connectivity index (χ0v) is 10.4. The smallest absolute Gasteiger partial charge is 0.143 e. The van der Waals surface area contributed by atoms with Crippen molar-refractivity contribution in [3.63, 3.8) is 0 Å². The van der Waals surface area contributed by atoms with Gasteiger partial charge in [-0.1, -0.05) is 20.8 Å². The number of imidazole rings is 1. The van der Waals surface area contributed by atoms with Gasteiger partial charge in [0, 0.05) is 30.8 Å². The van der Waals surface area contributed by atoms with Crippen LogP contribution in [-0.2, 0) is 6.42 Å². The molecular formula is C12H17N5. The van der Waals surface area contributed by atoms with Crippen LogP contribution in [-0.4, -0.2) is 19.5 Å². The van der Waals surface area contributed by atoms with E-state index >= 15 is 0 Å². The maximum atomic E-state index is 5.81. The Morgan fingerprint density at radius 2 is 2.12 bits per heavy atom. The highest BCUT2D eigenvalue weighted by Crippen LogP contribution is 2.16. The second-order valence-electron chi connectivity index (χ2n) is 4.23. The normalized spacial score (nSPS) is 11.1. The van der Waals surface area contributed by atoms with Crippen molar-refractivity contribution >= 4 is 5.82 Å². The summed E-state index contributed by atoms with van der Waals surface area (Å²) in [6.07, 6.45) is 4.52. The average molecular weight is 231 g/mol. The van der Waals surface area contributed by atoms with Gasteiger partial charge in [0.25, 0.3) is 0 Å². The summed E-state index contributed by atoms with van der Waals surface area (Å²) in [5.74, 6) is 3.27. The molecule has 0 saturated heterocycles. The van der Waals surface area contributed by atoms with Crippen molar-refractivity contribution in [1.29, 1.82) is 0 Å². The fourth-order valence-corrected chi connectivity index (χ4v) is 1.66. The van der Waals surface area contributed by atoms with Gasteiger partial charge in [0.05, 0.1) is 0 Å². The standard InChI is InChI=1S/C12H17N5/c1-4-10-14-5-6-17(10)11-7-9(13)15-12(16-11)8(2)3/h5-8H,4H2,1-3H3,(H2,13,15,16). The van der Waals surface area contributed by atoms with Crippen LogP contribution in [0.25, 0.3) is 5.82 Å². The number of nitrogens with two attached hydrogens (primary N) is 1. The summed E-state index contributed by atoms with van der Waals surface area (Å²) in [6.45, 7) is 6.16. The van der Waals surface area contributed by atoms with Crippen LogP contribution in [0.15, 0.2) is 18.5 Å². The van der Waals surface area contributed by atoms with Gasteiger partial charge in [-0.3, -0.25) is 4.57 Å². The quantitative estimate of drug-likeness (QED) is 0.876. The molecule has 2 N–H and O–H groups in total. The summed E-state index contributed by atoms with van der Waals surface area (Å²) in [5, 5.41) is 0. The van der Waals surface area contributed by atoms with E-state index in [1.807, 2.05) is 24.6 Å². The van der Waals surface area contributed by atoms with Gasteiger partial charge in [-0.15, -0.1) is 0 Å². The van der Waals surface area contributed by atoms with Crippen LogP contribution in [0.2, 0.25) is 0 Å². The van der Waals surface area contributed by atoms with E-state index in [-0.39, 0.29) is 5.92 Å². The predicted molar refractivity (Wildman–Crippen MR) is 67.0 cm³/mol. The van der Waals surface area contributed by atoms with Crippen molar-refractivity contribution in [3.05, 3.63) is 30.1 Å². The number of rotatable bonds is 3. The highest BCUT2D eigenvalue weighted by atomic mass is 15.1. The minimum Gasteiger partial charge on any atom is -0.384 e. The van der Waals surface area contributed by atoms with E-state index in [4.69, 9.17) is 5.73 Å². The van der Waals surface area contributed by atoms with Crippen molar-refractivity contribution in [2.24, 2.45) is 0 Å². The van der Waals surface area contributed by atoms with Crippen molar-refractivity contribution in [1.82, 2.24) is 19.5 Å². The Bertz CT molecular complexity index is 515. The Morgan fingerprint density at radius 3 is 2.76 bits per heavy atom. The molecule has 0 fully saturated rings. The molecule has 17 heavy (non-hydrogen) atoms. The van der Waals surface area contributed by atoms with E-state index < -0.39 is 0 Å². The molecule has 0 aromatic carbocycles. The van der Waals surface area contributed by atoms with Crippen LogP contribution in [0, 0.1) is 0 Å². The molecule has 0 aliphatic rings. The van der Waals surface area contributed by atoms with Gasteiger partial charge < -0.3 is 5.73 Å². The Kier molecular flexibility index (Phi) is 3.08. The lowest BCUT2D eigenvalue weighted by molar-refractivity contribution is 0.757. The molecule has 0 radical (unpaired) electrons. The Hall–Kier alpha value is -1.91. The molecular weight excluding hydrogens is 214 g/mol. The molecule has 0 atom stereocenters. The Balaban J connectivity index is 2.52. The zero-order valence-electron chi connectivity index (χ0n) is 10.4. The molecule has 2 rings (SSSR count). The number of hydrogen-bond acceptors (Lipinski definition) is 4. The average Bonchev–Trinajstić information content (AvgIpc) is 2.76. The van der Waals surface area contributed by atoms with Gasteiger partial charge in [-0.25, -0.2) is 15.0 Å². The first kappa shape index (κ1) is 11.6. The molecule has 2 aromatic heterocycles. The lowest BCUT2D eigenvalue weighted by Gasteiger charge is -2.10. The van der Waals surface area contributed by atoms with Crippen LogP contribution in [0.5, 0.6) is 0 Å². The molecule has 0 spiro atoms. The lowest BCUT2D eigenvalue weighted by Crippen LogP contribution is -2.08. The van der Waals surface area contributed by atoms with E-state index in [1.54, 1.807) is 12.3 Å². The Morgan fingerprint density at radius 1 is 1.35 bits per heavy atom. The van der Waals surface area contributed by atoms with E-state index in [1.165, 1.54) is 0 Å². The van der Waals surface area contributed by atoms with Crippen molar-refractivity contribution in [2.45, 2.75) is 33.1 Å². The van der Waals surface area contributed by atoms with Crippen LogP contribution in [0.3, 0.4) is 0 Å². The molecule has 0 unspecified atom stereocenters. The number of aromatic nitrogens is 4. The lowest BCUT2D eigenvalue weighted by atomic mass is 10.2. The summed E-state index contributed by atoms with van der Waals surface area (Å²) < 4.78 is 1.95. The van der Waals surface area contributed by atoms with Gasteiger partial charge >= 0.3 is 0 Å². The second kappa shape index (κ2) is 4.53. The fraction of sp³-hybridized carbons (Fsp3) is 0.417. The van der Waals surface area contributed by atoms with Crippen molar-refractivity contribution < 1.29 is 0 Å². The Labute approximate surface area is 101 Å². The van der Waals surface area contributed by atoms with Crippen molar-refractivity contribution in [3.8, 4) is 5.82 Å². The number of anilines is 1. The van der Waals surface area contributed by atoms with Gasteiger partial charge in [-0.2, -0.15) is 0 Å². The molecule has 0 bridgehead atoms. The highest BCUT2D eigenvalue weighted by Gasteiger charge is 2.10. The van der Waals surface area contributed by atoms with Gasteiger partial charge in [-0.05, 0) is 0 Å². The van der Waals surface area contributed by atoms with Gasteiger partial charge in [0.1, 0.15) is 23.3 Å². The van der Waals surface area contributed by atoms with Crippen molar-refractivity contribution in [2.75, 3.05) is 5.73 Å². The molecule has 0 saturated carbocycles. The number of aryl methyl sites for hydroxylation is 1.